The van der Waals surface area contributed by atoms with Gasteiger partial charge in [-0.3, -0.25) is 0 Å². The summed E-state index contributed by atoms with van der Waals surface area (Å²) in [5.41, 5.74) is 1.30. The highest BCUT2D eigenvalue weighted by Gasteiger charge is 2.04. The van der Waals surface area contributed by atoms with Crippen molar-refractivity contribution in [2.75, 3.05) is 0 Å². The van der Waals surface area contributed by atoms with E-state index in [2.05, 4.69) is 71.4 Å². The van der Waals surface area contributed by atoms with Gasteiger partial charge in [0.1, 0.15) is 0 Å². The van der Waals surface area contributed by atoms with Crippen LogP contribution in [-0.2, 0) is 0 Å². The fraction of sp³-hybridized carbons (Fsp3) is 0.0667. The number of halogens is 1. The van der Waals surface area contributed by atoms with E-state index in [4.69, 9.17) is 0 Å². The Kier molecular flexibility index (Phi) is 2.22. The zero-order chi connectivity index (χ0) is 11.1. The minimum absolute atomic E-state index is 1.17. The molecule has 78 valence electrons. The minimum atomic E-state index is 1.17. The molecule has 0 nitrogen and oxygen atoms in total. The van der Waals surface area contributed by atoms with Gasteiger partial charge in [0, 0.05) is 4.47 Å². The van der Waals surface area contributed by atoms with Crippen LogP contribution in [0.5, 0.6) is 0 Å². The third-order valence-corrected chi connectivity index (χ3v) is 3.62. The quantitative estimate of drug-likeness (QED) is 0.501. The van der Waals surface area contributed by atoms with Gasteiger partial charge in [-0.15, -0.1) is 0 Å². The van der Waals surface area contributed by atoms with Crippen LogP contribution in [0.4, 0.5) is 0 Å². The van der Waals surface area contributed by atoms with Crippen molar-refractivity contribution >= 4 is 37.5 Å². The molecule has 0 aliphatic rings. The second-order valence-corrected chi connectivity index (χ2v) is 4.98. The lowest BCUT2D eigenvalue weighted by molar-refractivity contribution is 1.51. The summed E-state index contributed by atoms with van der Waals surface area (Å²) in [6.07, 6.45) is 0. The Hall–Kier alpha value is -1.34. The summed E-state index contributed by atoms with van der Waals surface area (Å²) in [4.78, 5) is 0. The number of fused-ring (bicyclic) bond motifs is 3. The summed E-state index contributed by atoms with van der Waals surface area (Å²) >= 11 is 3.64. The van der Waals surface area contributed by atoms with Crippen molar-refractivity contribution in [3.05, 3.63) is 58.6 Å². The third kappa shape index (κ3) is 1.43. The van der Waals surface area contributed by atoms with Crippen molar-refractivity contribution in [1.82, 2.24) is 0 Å². The van der Waals surface area contributed by atoms with Crippen LogP contribution in [0.15, 0.2) is 53.0 Å². The summed E-state index contributed by atoms with van der Waals surface area (Å²) in [5.74, 6) is 0. The Balaban J connectivity index is 2.61. The SMILES string of the molecule is Cc1ccc2c(Br)cc3ccccc3c2c1. The number of benzene rings is 3. The number of rotatable bonds is 0. The molecule has 0 unspecified atom stereocenters. The van der Waals surface area contributed by atoms with Gasteiger partial charge < -0.3 is 0 Å². The fourth-order valence-electron chi connectivity index (χ4n) is 2.17. The first kappa shape index (κ1) is 9.86. The van der Waals surface area contributed by atoms with Gasteiger partial charge in [0.2, 0.25) is 0 Å². The first-order valence-electron chi connectivity index (χ1n) is 5.33. The van der Waals surface area contributed by atoms with E-state index in [-0.39, 0.29) is 0 Å². The Bertz CT molecular complexity index is 683. The standard InChI is InChI=1S/C15H11Br/c1-10-6-7-13-14(8-10)12-5-3-2-4-11(12)9-15(13)16/h2-9H,1H3. The highest BCUT2D eigenvalue weighted by Crippen LogP contribution is 2.32. The fourth-order valence-corrected chi connectivity index (χ4v) is 2.76. The van der Waals surface area contributed by atoms with Crippen LogP contribution in [0.2, 0.25) is 0 Å². The molecule has 0 fully saturated rings. The molecule has 0 saturated carbocycles. The summed E-state index contributed by atoms with van der Waals surface area (Å²) in [6.45, 7) is 2.13. The second-order valence-electron chi connectivity index (χ2n) is 4.13. The Labute approximate surface area is 103 Å². The first-order valence-corrected chi connectivity index (χ1v) is 6.12. The Morgan fingerprint density at radius 3 is 2.50 bits per heavy atom. The average molecular weight is 271 g/mol. The predicted octanol–water partition coefficient (Wildman–Crippen LogP) is 5.06. The maximum atomic E-state index is 3.64. The average Bonchev–Trinajstić information content (AvgIpc) is 2.29. The van der Waals surface area contributed by atoms with Crippen molar-refractivity contribution in [3.63, 3.8) is 0 Å². The van der Waals surface area contributed by atoms with Crippen molar-refractivity contribution in [2.45, 2.75) is 6.92 Å². The second kappa shape index (κ2) is 3.60. The van der Waals surface area contributed by atoms with Gasteiger partial charge in [-0.25, -0.2) is 0 Å². The van der Waals surface area contributed by atoms with Crippen molar-refractivity contribution in [3.8, 4) is 0 Å². The molecule has 0 N–H and O–H groups in total. The molecule has 0 saturated heterocycles. The number of hydrogen-bond donors (Lipinski definition) is 0. The van der Waals surface area contributed by atoms with E-state index in [1.165, 1.54) is 31.6 Å². The molecule has 0 atom stereocenters. The predicted molar refractivity (Wildman–Crippen MR) is 73.9 cm³/mol. The third-order valence-electron chi connectivity index (χ3n) is 2.97. The molecule has 0 amide bonds. The van der Waals surface area contributed by atoms with Gasteiger partial charge in [0.25, 0.3) is 0 Å². The zero-order valence-electron chi connectivity index (χ0n) is 9.00. The molecule has 0 aromatic heterocycles. The van der Waals surface area contributed by atoms with E-state index in [0.29, 0.717) is 0 Å². The Morgan fingerprint density at radius 1 is 0.812 bits per heavy atom. The van der Waals surface area contributed by atoms with E-state index >= 15 is 0 Å². The molecular formula is C15H11Br. The lowest BCUT2D eigenvalue weighted by atomic mass is 10.0. The Morgan fingerprint density at radius 2 is 1.62 bits per heavy atom. The van der Waals surface area contributed by atoms with Crippen LogP contribution in [-0.4, -0.2) is 0 Å². The van der Waals surface area contributed by atoms with E-state index in [0.717, 1.165) is 0 Å². The van der Waals surface area contributed by atoms with E-state index in [1.54, 1.807) is 0 Å². The van der Waals surface area contributed by atoms with Crippen molar-refractivity contribution in [1.29, 1.82) is 0 Å². The van der Waals surface area contributed by atoms with E-state index in [9.17, 15) is 0 Å². The van der Waals surface area contributed by atoms with Crippen LogP contribution in [0.1, 0.15) is 5.56 Å². The molecule has 3 aromatic rings. The monoisotopic (exact) mass is 270 g/mol. The van der Waals surface area contributed by atoms with E-state index < -0.39 is 0 Å². The van der Waals surface area contributed by atoms with E-state index in [1.807, 2.05) is 0 Å². The zero-order valence-corrected chi connectivity index (χ0v) is 10.6. The summed E-state index contributed by atoms with van der Waals surface area (Å²) < 4.78 is 1.17. The van der Waals surface area contributed by atoms with Crippen LogP contribution in [0.3, 0.4) is 0 Å². The van der Waals surface area contributed by atoms with Gasteiger partial charge >= 0.3 is 0 Å². The van der Waals surface area contributed by atoms with Gasteiger partial charge in [0.05, 0.1) is 0 Å². The van der Waals surface area contributed by atoms with Crippen LogP contribution in [0.25, 0.3) is 21.5 Å². The molecule has 16 heavy (non-hydrogen) atoms. The van der Waals surface area contributed by atoms with Crippen molar-refractivity contribution in [2.24, 2.45) is 0 Å². The molecule has 1 heteroatoms. The molecule has 0 spiro atoms. The molecule has 3 aromatic carbocycles. The van der Waals surface area contributed by atoms with Gasteiger partial charge in [0.15, 0.2) is 0 Å². The minimum Gasteiger partial charge on any atom is -0.0616 e. The van der Waals surface area contributed by atoms with Gasteiger partial charge in [-0.05, 0) is 34.5 Å². The van der Waals surface area contributed by atoms with Crippen LogP contribution >= 0.6 is 15.9 Å². The van der Waals surface area contributed by atoms with Crippen molar-refractivity contribution < 1.29 is 0 Å². The first-order chi connectivity index (χ1) is 7.75. The molecule has 3 rings (SSSR count). The largest absolute Gasteiger partial charge is 0.0616 e. The lowest BCUT2D eigenvalue weighted by Gasteiger charge is -2.07. The summed E-state index contributed by atoms with van der Waals surface area (Å²) in [5, 5.41) is 5.21. The lowest BCUT2D eigenvalue weighted by Crippen LogP contribution is -1.81. The van der Waals surface area contributed by atoms with Gasteiger partial charge in [-0.1, -0.05) is 64.0 Å². The molecule has 0 heterocycles. The van der Waals surface area contributed by atoms with Gasteiger partial charge in [-0.2, -0.15) is 0 Å². The normalized spacial score (nSPS) is 11.1. The molecular weight excluding hydrogens is 260 g/mol. The molecule has 0 aliphatic heterocycles. The number of aryl methyl sites for hydroxylation is 1. The molecule has 0 aliphatic carbocycles. The topological polar surface area (TPSA) is 0 Å². The number of hydrogen-bond acceptors (Lipinski definition) is 0. The molecule has 0 radical (unpaired) electrons. The highest BCUT2D eigenvalue weighted by atomic mass is 79.9. The van der Waals surface area contributed by atoms with Crippen LogP contribution in [0, 0.1) is 6.92 Å². The molecule has 0 bridgehead atoms. The summed E-state index contributed by atoms with van der Waals surface area (Å²) in [6, 6.07) is 17.3. The highest BCUT2D eigenvalue weighted by molar-refractivity contribution is 9.10. The van der Waals surface area contributed by atoms with Crippen LogP contribution < -0.4 is 0 Å². The summed E-state index contributed by atoms with van der Waals surface area (Å²) in [7, 11) is 0. The smallest absolute Gasteiger partial charge is 0.0260 e. The maximum Gasteiger partial charge on any atom is 0.0260 e. The maximum absolute atomic E-state index is 3.64.